The van der Waals surface area contributed by atoms with Crippen LogP contribution in [0.2, 0.25) is 0 Å². The lowest BCUT2D eigenvalue weighted by Gasteiger charge is -2.40. The normalized spacial score (nSPS) is 13.0. The number of benzene rings is 11. The standard InChI is InChI=1S/C67H43N3/c1-2-20-44(21-3-1)48-22-4-5-23-49(48)52-26-8-15-33-61(52)68(45-38-40-46(41-39-45)69-62-34-16-9-27-53(62)54-28-10-17-35-63(54)69)47-42-56-55-29-11-18-36-64(55)70-65-37-19-14-32-59(65)67(60(43-47)66(56)70)57-30-12-6-24-50(57)51-25-7-13-31-58(51)67/h1-43H. The van der Waals surface area contributed by atoms with Crippen LogP contribution >= 0.6 is 0 Å². The minimum atomic E-state index is -0.589. The van der Waals surface area contributed by atoms with E-state index in [1.165, 1.54) is 99.4 Å². The Morgan fingerprint density at radius 3 is 1.44 bits per heavy atom. The molecule has 0 saturated carbocycles. The van der Waals surface area contributed by atoms with Crippen LogP contribution in [0.5, 0.6) is 0 Å². The molecule has 0 saturated heterocycles. The maximum atomic E-state index is 2.54. The van der Waals surface area contributed by atoms with Crippen LogP contribution in [0.25, 0.3) is 88.4 Å². The van der Waals surface area contributed by atoms with Crippen LogP contribution in [-0.4, -0.2) is 9.13 Å². The Morgan fingerprint density at radius 1 is 0.300 bits per heavy atom. The number of aromatic nitrogens is 2. The highest BCUT2D eigenvalue weighted by atomic mass is 15.1. The third-order valence-corrected chi connectivity index (χ3v) is 15.3. The third-order valence-electron chi connectivity index (χ3n) is 15.3. The molecule has 0 fully saturated rings. The fraction of sp³-hybridized carbons (Fsp3) is 0.0149. The molecule has 70 heavy (non-hydrogen) atoms. The molecule has 0 N–H and O–H groups in total. The molecule has 0 bridgehead atoms. The summed E-state index contributed by atoms with van der Waals surface area (Å²) < 4.78 is 4.95. The predicted molar refractivity (Wildman–Crippen MR) is 292 cm³/mol. The lowest BCUT2D eigenvalue weighted by molar-refractivity contribution is 0.748. The molecule has 3 heterocycles. The first-order valence-electron chi connectivity index (χ1n) is 24.3. The summed E-state index contributed by atoms with van der Waals surface area (Å²) in [6.07, 6.45) is 0. The van der Waals surface area contributed by atoms with Gasteiger partial charge in [-0.3, -0.25) is 0 Å². The van der Waals surface area contributed by atoms with E-state index in [1.54, 1.807) is 0 Å². The molecule has 13 aromatic rings. The summed E-state index contributed by atoms with van der Waals surface area (Å²) in [6.45, 7) is 0. The first-order valence-corrected chi connectivity index (χ1v) is 24.3. The average Bonchev–Trinajstić information content (AvgIpc) is 4.06. The molecular weight excluding hydrogens is 847 g/mol. The zero-order valence-electron chi connectivity index (χ0n) is 38.2. The molecule has 3 heteroatoms. The molecule has 2 aliphatic rings. The number of hydrogen-bond acceptors (Lipinski definition) is 1. The smallest absolute Gasteiger partial charge is 0.0755 e. The highest BCUT2D eigenvalue weighted by Gasteiger charge is 2.51. The molecule has 1 aliphatic carbocycles. The maximum absolute atomic E-state index is 2.54. The zero-order chi connectivity index (χ0) is 45.9. The zero-order valence-corrected chi connectivity index (χ0v) is 38.2. The van der Waals surface area contributed by atoms with Crippen molar-refractivity contribution in [3.63, 3.8) is 0 Å². The molecule has 15 rings (SSSR count). The summed E-state index contributed by atoms with van der Waals surface area (Å²) in [4.78, 5) is 2.52. The van der Waals surface area contributed by atoms with E-state index in [4.69, 9.17) is 0 Å². The Bertz CT molecular complexity index is 4150. The van der Waals surface area contributed by atoms with Crippen LogP contribution in [0.1, 0.15) is 22.3 Å². The lowest BCUT2D eigenvalue weighted by Crippen LogP contribution is -2.33. The second kappa shape index (κ2) is 14.9. The van der Waals surface area contributed by atoms with Gasteiger partial charge in [-0.05, 0) is 117 Å². The molecule has 0 amide bonds. The van der Waals surface area contributed by atoms with Gasteiger partial charge in [0.15, 0.2) is 0 Å². The topological polar surface area (TPSA) is 13.1 Å². The fourth-order valence-corrected chi connectivity index (χ4v) is 12.6. The SMILES string of the molecule is c1ccc(-c2ccccc2-c2ccccc2N(c2ccc(-n3c4ccccc4c4ccccc43)cc2)c2cc3c4c(c2)c2ccccc2n4-c2ccccc2C32c3ccccc3-c3ccccc32)cc1. The van der Waals surface area contributed by atoms with Gasteiger partial charge in [0.05, 0.1) is 38.9 Å². The third kappa shape index (κ3) is 5.29. The Morgan fingerprint density at radius 2 is 0.786 bits per heavy atom. The van der Waals surface area contributed by atoms with Crippen LogP contribution in [-0.2, 0) is 5.41 Å². The minimum Gasteiger partial charge on any atom is -0.310 e. The van der Waals surface area contributed by atoms with Crippen molar-refractivity contribution < 1.29 is 0 Å². The van der Waals surface area contributed by atoms with Crippen molar-refractivity contribution in [1.82, 2.24) is 9.13 Å². The fourth-order valence-electron chi connectivity index (χ4n) is 12.6. The van der Waals surface area contributed by atoms with Crippen LogP contribution in [0.15, 0.2) is 261 Å². The van der Waals surface area contributed by atoms with E-state index in [-0.39, 0.29) is 0 Å². The van der Waals surface area contributed by atoms with Gasteiger partial charge in [-0.1, -0.05) is 194 Å². The van der Waals surface area contributed by atoms with Crippen molar-refractivity contribution in [1.29, 1.82) is 0 Å². The average molecular weight is 890 g/mol. The molecule has 3 nitrogen and oxygen atoms in total. The molecule has 0 radical (unpaired) electrons. The van der Waals surface area contributed by atoms with E-state index >= 15 is 0 Å². The van der Waals surface area contributed by atoms with Gasteiger partial charge in [-0.25, -0.2) is 0 Å². The molecule has 1 spiro atoms. The summed E-state index contributed by atoms with van der Waals surface area (Å²) in [5, 5.41) is 4.97. The van der Waals surface area contributed by atoms with Gasteiger partial charge in [0, 0.05) is 44.2 Å². The Labute approximate surface area is 406 Å². The number of anilines is 3. The highest BCUT2D eigenvalue weighted by Crippen LogP contribution is 2.62. The monoisotopic (exact) mass is 889 g/mol. The van der Waals surface area contributed by atoms with Crippen molar-refractivity contribution in [2.24, 2.45) is 0 Å². The largest absolute Gasteiger partial charge is 0.310 e. The quantitative estimate of drug-likeness (QED) is 0.162. The molecular formula is C67H43N3. The molecule has 0 unspecified atom stereocenters. The van der Waals surface area contributed by atoms with Gasteiger partial charge in [0.25, 0.3) is 0 Å². The molecule has 11 aromatic carbocycles. The number of fused-ring (bicyclic) bond motifs is 15. The van der Waals surface area contributed by atoms with E-state index in [2.05, 4.69) is 275 Å². The number of nitrogens with zero attached hydrogens (tertiary/aromatic N) is 3. The Balaban J connectivity index is 1.05. The molecule has 2 aromatic heterocycles. The Kier molecular flexibility index (Phi) is 8.28. The van der Waals surface area contributed by atoms with E-state index in [0.717, 1.165) is 28.3 Å². The van der Waals surface area contributed by atoms with Crippen molar-refractivity contribution in [3.8, 4) is 44.8 Å². The minimum absolute atomic E-state index is 0.589. The maximum Gasteiger partial charge on any atom is 0.0755 e. The van der Waals surface area contributed by atoms with Gasteiger partial charge in [0.1, 0.15) is 0 Å². The number of hydrogen-bond donors (Lipinski definition) is 0. The lowest BCUT2D eigenvalue weighted by atomic mass is 9.65. The summed E-state index contributed by atoms with van der Waals surface area (Å²) >= 11 is 0. The second-order valence-corrected chi connectivity index (χ2v) is 18.8. The van der Waals surface area contributed by atoms with Crippen molar-refractivity contribution in [2.75, 3.05) is 4.90 Å². The van der Waals surface area contributed by atoms with Gasteiger partial charge >= 0.3 is 0 Å². The molecule has 326 valence electrons. The van der Waals surface area contributed by atoms with Gasteiger partial charge in [-0.15, -0.1) is 0 Å². The van der Waals surface area contributed by atoms with Crippen molar-refractivity contribution in [3.05, 3.63) is 283 Å². The first-order chi connectivity index (χ1) is 34.8. The number of para-hydroxylation sites is 5. The van der Waals surface area contributed by atoms with Crippen molar-refractivity contribution >= 4 is 60.7 Å². The van der Waals surface area contributed by atoms with E-state index in [0.29, 0.717) is 0 Å². The van der Waals surface area contributed by atoms with E-state index in [9.17, 15) is 0 Å². The first kappa shape index (κ1) is 38.9. The summed E-state index contributed by atoms with van der Waals surface area (Å²) in [6, 6.07) is 96.8. The van der Waals surface area contributed by atoms with Crippen LogP contribution in [0.3, 0.4) is 0 Å². The summed E-state index contributed by atoms with van der Waals surface area (Å²) in [5.74, 6) is 0. The highest BCUT2D eigenvalue weighted by molar-refractivity contribution is 6.15. The number of rotatable bonds is 6. The molecule has 0 atom stereocenters. The van der Waals surface area contributed by atoms with Gasteiger partial charge in [0.2, 0.25) is 0 Å². The van der Waals surface area contributed by atoms with E-state index in [1.807, 2.05) is 0 Å². The van der Waals surface area contributed by atoms with E-state index < -0.39 is 5.41 Å². The van der Waals surface area contributed by atoms with Gasteiger partial charge in [-0.2, -0.15) is 0 Å². The second-order valence-electron chi connectivity index (χ2n) is 18.8. The van der Waals surface area contributed by atoms with Crippen LogP contribution in [0.4, 0.5) is 17.1 Å². The van der Waals surface area contributed by atoms with Crippen LogP contribution < -0.4 is 4.90 Å². The predicted octanol–water partition coefficient (Wildman–Crippen LogP) is 17.4. The molecule has 1 aliphatic heterocycles. The Hall–Kier alpha value is -9.18. The summed E-state index contributed by atoms with van der Waals surface area (Å²) in [7, 11) is 0. The summed E-state index contributed by atoms with van der Waals surface area (Å²) in [5.41, 5.74) is 22.4. The van der Waals surface area contributed by atoms with Crippen LogP contribution in [0, 0.1) is 0 Å². The van der Waals surface area contributed by atoms with Gasteiger partial charge < -0.3 is 14.0 Å². The van der Waals surface area contributed by atoms with Crippen molar-refractivity contribution in [2.45, 2.75) is 5.41 Å².